The topological polar surface area (TPSA) is 111 Å². The first-order valence-electron chi connectivity index (χ1n) is 9.75. The molecule has 1 aromatic carbocycles. The number of amides is 2. The van der Waals surface area contributed by atoms with Crippen LogP contribution in [0.2, 0.25) is 0 Å². The standard InChI is InChI=1S/C19H24F2N6O3/c1-12(28)24-16-9-17(2-4-22-19(29)3-5-27-11-23-25-26-27)30-18(10-16)13-6-14(20)8-15(21)7-13/h6-8,11,16-18H,2-5,9-10H2,1H3,(H,22,29)(H,24,28)/t16-,17+,18+/m0/s1. The van der Waals surface area contributed by atoms with Gasteiger partial charge in [-0.3, -0.25) is 9.59 Å². The molecule has 1 aliphatic rings. The van der Waals surface area contributed by atoms with E-state index in [0.717, 1.165) is 6.07 Å². The van der Waals surface area contributed by atoms with Gasteiger partial charge in [0.15, 0.2) is 0 Å². The van der Waals surface area contributed by atoms with E-state index >= 15 is 0 Å². The normalized spacial score (nSPS) is 21.2. The van der Waals surface area contributed by atoms with Crippen LogP contribution in [0.25, 0.3) is 0 Å². The maximum atomic E-state index is 13.6. The van der Waals surface area contributed by atoms with Crippen molar-refractivity contribution in [1.82, 2.24) is 30.8 Å². The van der Waals surface area contributed by atoms with E-state index in [0.29, 0.717) is 37.9 Å². The second-order valence-corrected chi connectivity index (χ2v) is 7.28. The molecule has 2 amide bonds. The van der Waals surface area contributed by atoms with E-state index in [-0.39, 0.29) is 30.4 Å². The SMILES string of the molecule is CC(=O)N[C@H]1C[C@@H](CCNC(=O)CCn2cnnn2)O[C@@H](c2cc(F)cc(F)c2)C1. The van der Waals surface area contributed by atoms with E-state index < -0.39 is 17.7 Å². The Kier molecular flexibility index (Phi) is 7.39. The number of carbonyl (C=O) groups is 2. The minimum atomic E-state index is -0.679. The van der Waals surface area contributed by atoms with Gasteiger partial charge in [0.2, 0.25) is 11.8 Å². The number of benzene rings is 1. The fourth-order valence-corrected chi connectivity index (χ4v) is 3.54. The summed E-state index contributed by atoms with van der Waals surface area (Å²) < 4.78 is 34.7. The molecule has 0 radical (unpaired) electrons. The summed E-state index contributed by atoms with van der Waals surface area (Å²) in [5.41, 5.74) is 0.387. The molecule has 1 aliphatic heterocycles. The van der Waals surface area contributed by atoms with E-state index in [9.17, 15) is 18.4 Å². The molecule has 0 bridgehead atoms. The third kappa shape index (κ3) is 6.55. The van der Waals surface area contributed by atoms with Crippen molar-refractivity contribution in [2.45, 2.75) is 57.4 Å². The number of aromatic nitrogens is 4. The Bertz CT molecular complexity index is 844. The van der Waals surface area contributed by atoms with Gasteiger partial charge >= 0.3 is 0 Å². The Labute approximate surface area is 172 Å². The molecule has 2 N–H and O–H groups in total. The second-order valence-electron chi connectivity index (χ2n) is 7.28. The van der Waals surface area contributed by atoms with Gasteiger partial charge in [-0.25, -0.2) is 13.5 Å². The van der Waals surface area contributed by atoms with Crippen LogP contribution in [0.4, 0.5) is 8.78 Å². The van der Waals surface area contributed by atoms with Crippen LogP contribution in [0.15, 0.2) is 24.5 Å². The van der Waals surface area contributed by atoms with Crippen molar-refractivity contribution < 1.29 is 23.1 Å². The number of rotatable bonds is 8. The lowest BCUT2D eigenvalue weighted by Gasteiger charge is -2.36. The third-order valence-corrected chi connectivity index (χ3v) is 4.81. The van der Waals surface area contributed by atoms with Crippen molar-refractivity contribution in [3.05, 3.63) is 41.7 Å². The molecule has 2 aromatic rings. The van der Waals surface area contributed by atoms with Gasteiger partial charge in [-0.05, 0) is 47.4 Å². The van der Waals surface area contributed by atoms with Crippen molar-refractivity contribution >= 4 is 11.8 Å². The molecule has 3 rings (SSSR count). The smallest absolute Gasteiger partial charge is 0.221 e. The average Bonchev–Trinajstić information content (AvgIpc) is 3.18. The number of hydrogen-bond donors (Lipinski definition) is 2. The predicted molar refractivity (Wildman–Crippen MR) is 101 cm³/mol. The van der Waals surface area contributed by atoms with Crippen LogP contribution in [0.3, 0.4) is 0 Å². The average molecular weight is 422 g/mol. The number of nitrogens with zero attached hydrogens (tertiary/aromatic N) is 4. The highest BCUT2D eigenvalue weighted by Gasteiger charge is 2.31. The Balaban J connectivity index is 1.54. The Morgan fingerprint density at radius 3 is 2.67 bits per heavy atom. The molecule has 0 spiro atoms. The molecule has 0 unspecified atom stereocenters. The number of tetrazole rings is 1. The van der Waals surface area contributed by atoms with Gasteiger partial charge < -0.3 is 15.4 Å². The van der Waals surface area contributed by atoms with Crippen molar-refractivity contribution in [1.29, 1.82) is 0 Å². The van der Waals surface area contributed by atoms with E-state index in [4.69, 9.17) is 4.74 Å². The van der Waals surface area contributed by atoms with Crippen LogP contribution in [0.5, 0.6) is 0 Å². The quantitative estimate of drug-likeness (QED) is 0.663. The van der Waals surface area contributed by atoms with Crippen molar-refractivity contribution in [2.24, 2.45) is 0 Å². The highest BCUT2D eigenvalue weighted by Crippen LogP contribution is 2.33. The summed E-state index contributed by atoms with van der Waals surface area (Å²) in [6, 6.07) is 3.09. The lowest BCUT2D eigenvalue weighted by molar-refractivity contribution is -0.122. The predicted octanol–water partition coefficient (Wildman–Crippen LogP) is 1.27. The number of aryl methyl sites for hydroxylation is 1. The third-order valence-electron chi connectivity index (χ3n) is 4.81. The van der Waals surface area contributed by atoms with Crippen molar-refractivity contribution in [3.8, 4) is 0 Å². The molecule has 1 saturated heterocycles. The zero-order chi connectivity index (χ0) is 21.5. The molecular formula is C19H24F2N6O3. The Hall–Kier alpha value is -2.95. The van der Waals surface area contributed by atoms with Crippen LogP contribution >= 0.6 is 0 Å². The monoisotopic (exact) mass is 422 g/mol. The Morgan fingerprint density at radius 1 is 1.23 bits per heavy atom. The summed E-state index contributed by atoms with van der Waals surface area (Å²) in [5.74, 6) is -1.69. The van der Waals surface area contributed by atoms with Crippen LogP contribution in [0, 0.1) is 11.6 Å². The van der Waals surface area contributed by atoms with Crippen LogP contribution < -0.4 is 10.6 Å². The number of ether oxygens (including phenoxy) is 1. The van der Waals surface area contributed by atoms with E-state index in [2.05, 4.69) is 26.2 Å². The summed E-state index contributed by atoms with van der Waals surface area (Å²) >= 11 is 0. The molecule has 30 heavy (non-hydrogen) atoms. The summed E-state index contributed by atoms with van der Waals surface area (Å²) in [7, 11) is 0. The lowest BCUT2D eigenvalue weighted by atomic mass is 9.92. The summed E-state index contributed by atoms with van der Waals surface area (Å²) in [5, 5.41) is 16.4. The van der Waals surface area contributed by atoms with E-state index in [1.54, 1.807) is 0 Å². The van der Waals surface area contributed by atoms with Crippen molar-refractivity contribution in [2.75, 3.05) is 6.54 Å². The molecular weight excluding hydrogens is 398 g/mol. The molecule has 162 valence electrons. The Morgan fingerprint density at radius 2 is 2.00 bits per heavy atom. The zero-order valence-corrected chi connectivity index (χ0v) is 16.6. The molecule has 2 heterocycles. The number of halogens is 2. The molecule has 9 nitrogen and oxygen atoms in total. The molecule has 11 heteroatoms. The van der Waals surface area contributed by atoms with Crippen LogP contribution in [-0.2, 0) is 20.9 Å². The van der Waals surface area contributed by atoms with Crippen molar-refractivity contribution in [3.63, 3.8) is 0 Å². The molecule has 3 atom stereocenters. The van der Waals surface area contributed by atoms with Gasteiger partial charge in [0.1, 0.15) is 18.0 Å². The van der Waals surface area contributed by atoms with Gasteiger partial charge in [-0.1, -0.05) is 0 Å². The fourth-order valence-electron chi connectivity index (χ4n) is 3.54. The first-order chi connectivity index (χ1) is 14.4. The second kappa shape index (κ2) is 10.2. The van der Waals surface area contributed by atoms with Gasteiger partial charge in [0, 0.05) is 32.0 Å². The minimum absolute atomic E-state index is 0.150. The highest BCUT2D eigenvalue weighted by atomic mass is 19.1. The number of hydrogen-bond acceptors (Lipinski definition) is 6. The molecule has 1 aromatic heterocycles. The zero-order valence-electron chi connectivity index (χ0n) is 16.6. The van der Waals surface area contributed by atoms with Gasteiger partial charge in [-0.15, -0.1) is 5.10 Å². The number of nitrogens with one attached hydrogen (secondary N) is 2. The maximum Gasteiger partial charge on any atom is 0.221 e. The number of carbonyl (C=O) groups excluding carboxylic acids is 2. The van der Waals surface area contributed by atoms with Crippen LogP contribution in [-0.4, -0.2) is 50.7 Å². The fraction of sp³-hybridized carbons (Fsp3) is 0.526. The maximum absolute atomic E-state index is 13.6. The minimum Gasteiger partial charge on any atom is -0.370 e. The largest absolute Gasteiger partial charge is 0.370 e. The van der Waals surface area contributed by atoms with Gasteiger partial charge in [-0.2, -0.15) is 0 Å². The van der Waals surface area contributed by atoms with Gasteiger partial charge in [0.05, 0.1) is 18.8 Å². The highest BCUT2D eigenvalue weighted by molar-refractivity contribution is 5.75. The van der Waals surface area contributed by atoms with E-state index in [1.807, 2.05) is 0 Å². The first-order valence-corrected chi connectivity index (χ1v) is 9.75. The van der Waals surface area contributed by atoms with Crippen LogP contribution in [0.1, 0.15) is 44.3 Å². The molecule has 0 saturated carbocycles. The summed E-state index contributed by atoms with van der Waals surface area (Å²) in [6.45, 7) is 2.17. The first kappa shape index (κ1) is 21.8. The molecule has 0 aliphatic carbocycles. The lowest BCUT2D eigenvalue weighted by Crippen LogP contribution is -2.43. The van der Waals surface area contributed by atoms with Gasteiger partial charge in [0.25, 0.3) is 0 Å². The molecule has 1 fully saturated rings. The summed E-state index contributed by atoms with van der Waals surface area (Å²) in [4.78, 5) is 23.5. The summed E-state index contributed by atoms with van der Waals surface area (Å²) in [6.07, 6.45) is 2.29. The van der Waals surface area contributed by atoms with E-state index in [1.165, 1.54) is 30.1 Å².